The summed E-state index contributed by atoms with van der Waals surface area (Å²) in [5.41, 5.74) is 1.40. The smallest absolute Gasteiger partial charge is 0.332 e. The third kappa shape index (κ3) is 4.65. The lowest BCUT2D eigenvalue weighted by atomic mass is 10.1. The Morgan fingerprint density at radius 3 is 2.63 bits per heavy atom. The molecule has 0 aliphatic carbocycles. The molecule has 1 atom stereocenters. The van der Waals surface area contributed by atoms with E-state index in [1.54, 1.807) is 48.5 Å². The van der Waals surface area contributed by atoms with Crippen molar-refractivity contribution in [3.05, 3.63) is 77.9 Å². The Kier molecular flexibility index (Phi) is 5.73. The van der Waals surface area contributed by atoms with Crippen LogP contribution in [-0.2, 0) is 17.8 Å². The number of aliphatic carboxylic acids is 1. The van der Waals surface area contributed by atoms with E-state index in [-0.39, 0.29) is 18.9 Å². The number of hydrogen-bond donors (Lipinski definition) is 2. The Morgan fingerprint density at radius 1 is 1.11 bits per heavy atom. The zero-order valence-electron chi connectivity index (χ0n) is 14.2. The van der Waals surface area contributed by atoms with Crippen molar-refractivity contribution in [1.82, 2.24) is 9.97 Å². The van der Waals surface area contributed by atoms with Crippen molar-refractivity contribution < 1.29 is 24.1 Å². The van der Waals surface area contributed by atoms with Crippen LogP contribution in [0.1, 0.15) is 11.3 Å². The van der Waals surface area contributed by atoms with E-state index in [1.807, 2.05) is 0 Å². The van der Waals surface area contributed by atoms with E-state index >= 15 is 0 Å². The topological polar surface area (TPSA) is 92.5 Å². The number of nitrogens with zero attached hydrogens (tertiary/aromatic N) is 2. The van der Waals surface area contributed by atoms with Gasteiger partial charge in [-0.2, -0.15) is 0 Å². The molecule has 0 saturated carbocycles. The van der Waals surface area contributed by atoms with Gasteiger partial charge >= 0.3 is 5.97 Å². The molecule has 2 aromatic carbocycles. The minimum Gasteiger partial charge on any atom is -0.487 e. The van der Waals surface area contributed by atoms with Gasteiger partial charge in [0.25, 0.3) is 0 Å². The van der Waals surface area contributed by atoms with Crippen LogP contribution in [0.5, 0.6) is 5.75 Å². The maximum atomic E-state index is 13.9. The highest BCUT2D eigenvalue weighted by atomic mass is 19.1. The lowest BCUT2D eigenvalue weighted by Gasteiger charge is -2.13. The van der Waals surface area contributed by atoms with Gasteiger partial charge in [-0.1, -0.05) is 30.3 Å². The highest BCUT2D eigenvalue weighted by Crippen LogP contribution is 2.22. The number of aromatic nitrogens is 2. The molecule has 0 radical (unpaired) electrons. The summed E-state index contributed by atoms with van der Waals surface area (Å²) in [5, 5.41) is 18.4. The number of aliphatic hydroxyl groups is 1. The third-order valence-electron chi connectivity index (χ3n) is 3.87. The Hall–Kier alpha value is -3.32. The summed E-state index contributed by atoms with van der Waals surface area (Å²) in [5.74, 6) is -1.01. The van der Waals surface area contributed by atoms with Crippen LogP contribution in [0.25, 0.3) is 11.4 Å². The lowest BCUT2D eigenvalue weighted by molar-refractivity contribution is -0.146. The number of halogens is 1. The van der Waals surface area contributed by atoms with E-state index in [0.717, 1.165) is 0 Å². The van der Waals surface area contributed by atoms with Crippen molar-refractivity contribution in [2.45, 2.75) is 19.1 Å². The van der Waals surface area contributed by atoms with E-state index in [4.69, 9.17) is 9.84 Å². The molecule has 138 valence electrons. The molecule has 0 unspecified atom stereocenters. The van der Waals surface area contributed by atoms with Crippen LogP contribution in [0.2, 0.25) is 0 Å². The normalized spacial score (nSPS) is 11.8. The SMILES string of the molecule is O=C(O)[C@H](O)Cc1ccccc1OCc1ccnc(-c2ccccc2F)n1. The fourth-order valence-corrected chi connectivity index (χ4v) is 2.51. The molecule has 0 fully saturated rings. The molecule has 3 aromatic rings. The number of carbonyl (C=O) groups is 1. The number of benzene rings is 2. The van der Waals surface area contributed by atoms with Crippen molar-refractivity contribution >= 4 is 5.97 Å². The molecule has 2 N–H and O–H groups in total. The summed E-state index contributed by atoms with van der Waals surface area (Å²) >= 11 is 0. The molecule has 0 spiro atoms. The molecule has 3 rings (SSSR count). The summed E-state index contributed by atoms with van der Waals surface area (Å²) in [4.78, 5) is 19.3. The van der Waals surface area contributed by atoms with Crippen molar-refractivity contribution in [2.24, 2.45) is 0 Å². The molecule has 0 amide bonds. The Bertz CT molecular complexity index is 949. The van der Waals surface area contributed by atoms with Gasteiger partial charge in [-0.05, 0) is 29.8 Å². The number of hydrogen-bond acceptors (Lipinski definition) is 5. The number of carboxylic acid groups (broad SMARTS) is 1. The third-order valence-corrected chi connectivity index (χ3v) is 3.87. The standard InChI is InChI=1S/C20H17FN2O4/c21-16-7-3-2-6-15(16)19-22-10-9-14(23-19)12-27-18-8-4-1-5-13(18)11-17(24)20(25)26/h1-10,17,24H,11-12H2,(H,25,26)/t17-/m1/s1. The first-order valence-corrected chi connectivity index (χ1v) is 8.23. The van der Waals surface area contributed by atoms with Gasteiger partial charge < -0.3 is 14.9 Å². The van der Waals surface area contributed by atoms with Crippen LogP contribution < -0.4 is 4.74 Å². The van der Waals surface area contributed by atoms with Gasteiger partial charge in [0.05, 0.1) is 11.3 Å². The van der Waals surface area contributed by atoms with Gasteiger partial charge in [-0.3, -0.25) is 0 Å². The minimum atomic E-state index is -1.51. The van der Waals surface area contributed by atoms with E-state index in [1.165, 1.54) is 12.3 Å². The van der Waals surface area contributed by atoms with Crippen LogP contribution >= 0.6 is 0 Å². The highest BCUT2D eigenvalue weighted by molar-refractivity contribution is 5.72. The lowest BCUT2D eigenvalue weighted by Crippen LogP contribution is -2.22. The van der Waals surface area contributed by atoms with Crippen LogP contribution in [0.15, 0.2) is 60.8 Å². The first-order valence-electron chi connectivity index (χ1n) is 8.23. The second kappa shape index (κ2) is 8.37. The molecule has 1 aromatic heterocycles. The molecule has 6 nitrogen and oxygen atoms in total. The fourth-order valence-electron chi connectivity index (χ4n) is 2.51. The molecule has 27 heavy (non-hydrogen) atoms. The molecule has 0 saturated heterocycles. The summed E-state index contributed by atoms with van der Waals surface area (Å²) in [6.07, 6.45) is -0.0648. The summed E-state index contributed by atoms with van der Waals surface area (Å²) in [7, 11) is 0. The average Bonchev–Trinajstić information content (AvgIpc) is 2.68. The largest absolute Gasteiger partial charge is 0.487 e. The van der Waals surface area contributed by atoms with Gasteiger partial charge in [0.15, 0.2) is 11.9 Å². The van der Waals surface area contributed by atoms with Gasteiger partial charge in [-0.25, -0.2) is 19.2 Å². The molecule has 7 heteroatoms. The van der Waals surface area contributed by atoms with Crippen molar-refractivity contribution in [2.75, 3.05) is 0 Å². The van der Waals surface area contributed by atoms with Crippen molar-refractivity contribution in [3.8, 4) is 17.1 Å². The summed E-state index contributed by atoms with van der Waals surface area (Å²) in [6, 6.07) is 14.7. The molecule has 0 aliphatic rings. The quantitative estimate of drug-likeness (QED) is 0.666. The predicted molar refractivity (Wildman–Crippen MR) is 95.5 cm³/mol. The van der Waals surface area contributed by atoms with Gasteiger partial charge in [0, 0.05) is 12.6 Å². The summed E-state index contributed by atoms with van der Waals surface area (Å²) < 4.78 is 19.7. The average molecular weight is 368 g/mol. The van der Waals surface area contributed by atoms with Gasteiger partial charge in [0.2, 0.25) is 0 Å². The molecule has 1 heterocycles. The van der Waals surface area contributed by atoms with Crippen molar-refractivity contribution in [3.63, 3.8) is 0 Å². The molecule has 0 bridgehead atoms. The minimum absolute atomic E-state index is 0.0737. The van der Waals surface area contributed by atoms with Crippen LogP contribution in [0, 0.1) is 5.82 Å². The highest BCUT2D eigenvalue weighted by Gasteiger charge is 2.16. The molecular weight excluding hydrogens is 351 g/mol. The van der Waals surface area contributed by atoms with E-state index in [0.29, 0.717) is 22.6 Å². The Labute approximate surface area is 154 Å². The fraction of sp³-hybridized carbons (Fsp3) is 0.150. The molecule has 0 aliphatic heterocycles. The zero-order valence-corrected chi connectivity index (χ0v) is 14.2. The second-order valence-electron chi connectivity index (χ2n) is 5.81. The van der Waals surface area contributed by atoms with Crippen LogP contribution in [0.3, 0.4) is 0 Å². The summed E-state index contributed by atoms with van der Waals surface area (Å²) in [6.45, 7) is 0.0875. The second-order valence-corrected chi connectivity index (χ2v) is 5.81. The zero-order chi connectivity index (χ0) is 19.2. The van der Waals surface area contributed by atoms with E-state index in [2.05, 4.69) is 9.97 Å². The molecular formula is C20H17FN2O4. The number of aliphatic hydroxyl groups excluding tert-OH is 1. The van der Waals surface area contributed by atoms with Crippen molar-refractivity contribution in [1.29, 1.82) is 0 Å². The number of para-hydroxylation sites is 1. The van der Waals surface area contributed by atoms with E-state index < -0.39 is 17.9 Å². The first kappa shape index (κ1) is 18.5. The van der Waals surface area contributed by atoms with E-state index in [9.17, 15) is 14.3 Å². The van der Waals surface area contributed by atoms with Gasteiger partial charge in [-0.15, -0.1) is 0 Å². The van der Waals surface area contributed by atoms with Crippen LogP contribution in [-0.4, -0.2) is 32.3 Å². The maximum Gasteiger partial charge on any atom is 0.332 e. The Morgan fingerprint density at radius 2 is 1.85 bits per heavy atom. The first-order chi connectivity index (χ1) is 13.0. The monoisotopic (exact) mass is 368 g/mol. The predicted octanol–water partition coefficient (Wildman–Crippen LogP) is 2.85. The number of carboxylic acids is 1. The maximum absolute atomic E-state index is 13.9. The Balaban J connectivity index is 1.76. The number of rotatable bonds is 7. The number of ether oxygens (including phenoxy) is 1. The van der Waals surface area contributed by atoms with Crippen LogP contribution in [0.4, 0.5) is 4.39 Å². The van der Waals surface area contributed by atoms with Gasteiger partial charge in [0.1, 0.15) is 18.2 Å².